The average molecular weight is 450 g/mol. The lowest BCUT2D eigenvalue weighted by molar-refractivity contribution is -0.127. The number of nitrogens with two attached hydrogens (primary N) is 1. The van der Waals surface area contributed by atoms with Crippen LogP contribution in [0.1, 0.15) is 24.0 Å². The van der Waals surface area contributed by atoms with Crippen LogP contribution in [0.3, 0.4) is 0 Å². The van der Waals surface area contributed by atoms with Gasteiger partial charge >= 0.3 is 0 Å². The van der Waals surface area contributed by atoms with Crippen LogP contribution in [0.2, 0.25) is 0 Å². The third kappa shape index (κ3) is 4.59. The smallest absolute Gasteiger partial charge is 0.253 e. The van der Waals surface area contributed by atoms with Crippen molar-refractivity contribution in [2.24, 2.45) is 5.73 Å². The maximum Gasteiger partial charge on any atom is 0.253 e. The number of rotatable bonds is 4. The second-order valence-electron chi connectivity index (χ2n) is 8.08. The number of anilines is 1. The Bertz CT molecular complexity index is 1190. The summed E-state index contributed by atoms with van der Waals surface area (Å²) in [6.07, 6.45) is 5.17. The van der Waals surface area contributed by atoms with E-state index in [4.69, 9.17) is 15.7 Å². The Morgan fingerprint density at radius 1 is 1.21 bits per heavy atom. The first-order chi connectivity index (χ1) is 15.9. The number of carbonyl (C=O) groups is 1. The van der Waals surface area contributed by atoms with Gasteiger partial charge < -0.3 is 20.3 Å². The molecule has 0 spiro atoms. The van der Waals surface area contributed by atoms with E-state index in [9.17, 15) is 13.6 Å². The Balaban J connectivity index is 1.74. The van der Waals surface area contributed by atoms with Crippen LogP contribution < -0.4 is 15.4 Å². The van der Waals surface area contributed by atoms with E-state index in [-0.39, 0.29) is 29.8 Å². The van der Waals surface area contributed by atoms with Gasteiger partial charge in [-0.25, -0.2) is 8.78 Å². The molecule has 170 valence electrons. The largest absolute Gasteiger partial charge is 0.494 e. The quantitative estimate of drug-likeness (QED) is 0.770. The zero-order chi connectivity index (χ0) is 23.5. The van der Waals surface area contributed by atoms with Gasteiger partial charge in [0.25, 0.3) is 5.91 Å². The molecule has 2 aromatic rings. The molecule has 1 saturated heterocycles. The third-order valence-corrected chi connectivity index (χ3v) is 5.90. The van der Waals surface area contributed by atoms with Gasteiger partial charge in [-0.15, -0.1) is 0 Å². The molecule has 1 unspecified atom stereocenters. The van der Waals surface area contributed by atoms with Gasteiger partial charge in [0.05, 0.1) is 12.7 Å². The zero-order valence-corrected chi connectivity index (χ0v) is 18.2. The van der Waals surface area contributed by atoms with E-state index < -0.39 is 11.6 Å². The minimum Gasteiger partial charge on any atom is -0.494 e. The van der Waals surface area contributed by atoms with Crippen molar-refractivity contribution >= 4 is 17.3 Å². The SMILES string of the molecule is COc1ccc(N2CC=C(C(=O)N3CCCC(N)C3)C=C2c2ccc(C#N)c(F)c2)cc1F. The van der Waals surface area contributed by atoms with E-state index in [1.54, 1.807) is 40.2 Å². The predicted octanol–water partition coefficient (Wildman–Crippen LogP) is 3.58. The lowest BCUT2D eigenvalue weighted by Gasteiger charge is -2.34. The summed E-state index contributed by atoms with van der Waals surface area (Å²) < 4.78 is 33.9. The highest BCUT2D eigenvalue weighted by Gasteiger charge is 2.27. The van der Waals surface area contributed by atoms with Gasteiger partial charge in [0.15, 0.2) is 11.6 Å². The third-order valence-electron chi connectivity index (χ3n) is 5.90. The number of carbonyl (C=O) groups excluding carboxylic acids is 1. The van der Waals surface area contributed by atoms with Crippen molar-refractivity contribution in [3.63, 3.8) is 0 Å². The Labute approximate surface area is 191 Å². The molecule has 0 aliphatic carbocycles. The van der Waals surface area contributed by atoms with Crippen molar-refractivity contribution in [3.05, 3.63) is 76.9 Å². The van der Waals surface area contributed by atoms with Crippen LogP contribution in [0, 0.1) is 23.0 Å². The molecule has 0 aromatic heterocycles. The number of hydrogen-bond acceptors (Lipinski definition) is 5. The standard InChI is InChI=1S/C25H24F2N4O2/c1-33-24-7-6-20(13-22(24)27)31-10-8-17(25(32)30-9-2-3-19(29)15-30)12-23(31)16-4-5-18(14-28)21(26)11-16/h4-8,11-13,19H,2-3,9-10,15,29H2,1H3. The van der Waals surface area contributed by atoms with Crippen LogP contribution in [0.15, 0.2) is 54.1 Å². The number of halogens is 2. The monoisotopic (exact) mass is 450 g/mol. The van der Waals surface area contributed by atoms with E-state index in [0.717, 1.165) is 12.8 Å². The Morgan fingerprint density at radius 2 is 2.03 bits per heavy atom. The van der Waals surface area contributed by atoms with E-state index in [1.165, 1.54) is 31.4 Å². The van der Waals surface area contributed by atoms with Gasteiger partial charge in [0.1, 0.15) is 11.9 Å². The normalized spacial score (nSPS) is 18.3. The van der Waals surface area contributed by atoms with Crippen molar-refractivity contribution in [2.45, 2.75) is 18.9 Å². The number of amides is 1. The Morgan fingerprint density at radius 3 is 2.70 bits per heavy atom. The van der Waals surface area contributed by atoms with Gasteiger partial charge in [-0.1, -0.05) is 12.1 Å². The molecule has 0 bridgehead atoms. The molecule has 4 rings (SSSR count). The molecule has 2 aliphatic heterocycles. The molecule has 33 heavy (non-hydrogen) atoms. The zero-order valence-electron chi connectivity index (χ0n) is 18.2. The second-order valence-corrected chi connectivity index (χ2v) is 8.08. The molecule has 6 nitrogen and oxygen atoms in total. The Kier molecular flexibility index (Phi) is 6.43. The van der Waals surface area contributed by atoms with Crippen LogP contribution >= 0.6 is 0 Å². The number of nitrogens with zero attached hydrogens (tertiary/aromatic N) is 3. The maximum atomic E-state index is 14.4. The highest BCUT2D eigenvalue weighted by Crippen LogP contribution is 2.34. The van der Waals surface area contributed by atoms with Crippen LogP contribution in [0.4, 0.5) is 14.5 Å². The fourth-order valence-corrected chi connectivity index (χ4v) is 4.17. The molecule has 0 radical (unpaired) electrons. The predicted molar refractivity (Wildman–Crippen MR) is 121 cm³/mol. The fraction of sp³-hybridized carbons (Fsp3) is 0.280. The molecule has 2 heterocycles. The summed E-state index contributed by atoms with van der Waals surface area (Å²) >= 11 is 0. The summed E-state index contributed by atoms with van der Waals surface area (Å²) in [5.74, 6) is -1.23. The van der Waals surface area contributed by atoms with Gasteiger partial charge in [-0.05, 0) is 43.2 Å². The first-order valence-electron chi connectivity index (χ1n) is 10.7. The van der Waals surface area contributed by atoms with Crippen LogP contribution in [0.25, 0.3) is 5.70 Å². The summed E-state index contributed by atoms with van der Waals surface area (Å²) in [5, 5.41) is 9.07. The number of methoxy groups -OCH3 is 1. The van der Waals surface area contributed by atoms with Gasteiger partial charge in [-0.3, -0.25) is 4.79 Å². The van der Waals surface area contributed by atoms with Crippen LogP contribution in [-0.4, -0.2) is 43.6 Å². The molecule has 8 heteroatoms. The van der Waals surface area contributed by atoms with Gasteiger partial charge in [0, 0.05) is 54.3 Å². The van der Waals surface area contributed by atoms with Crippen molar-refractivity contribution < 1.29 is 18.3 Å². The molecule has 0 saturated carbocycles. The van der Waals surface area contributed by atoms with E-state index in [0.29, 0.717) is 35.6 Å². The minimum absolute atomic E-state index is 0.0539. The fourth-order valence-electron chi connectivity index (χ4n) is 4.17. The first-order valence-corrected chi connectivity index (χ1v) is 10.7. The molecule has 1 fully saturated rings. The molecule has 2 N–H and O–H groups in total. The lowest BCUT2D eigenvalue weighted by Crippen LogP contribution is -2.46. The summed E-state index contributed by atoms with van der Waals surface area (Å²) in [7, 11) is 1.39. The highest BCUT2D eigenvalue weighted by molar-refractivity contribution is 6.00. The minimum atomic E-state index is -0.666. The number of hydrogen-bond donors (Lipinski definition) is 1. The molecular formula is C25H24F2N4O2. The van der Waals surface area contributed by atoms with Crippen LogP contribution in [0.5, 0.6) is 5.75 Å². The summed E-state index contributed by atoms with van der Waals surface area (Å²) in [6, 6.07) is 10.6. The molecule has 2 aromatic carbocycles. The van der Waals surface area contributed by atoms with Crippen molar-refractivity contribution in [2.75, 3.05) is 31.6 Å². The van der Waals surface area contributed by atoms with E-state index in [1.807, 2.05) is 0 Å². The topological polar surface area (TPSA) is 82.6 Å². The lowest BCUT2D eigenvalue weighted by atomic mass is 9.99. The van der Waals surface area contributed by atoms with Crippen molar-refractivity contribution in [3.8, 4) is 11.8 Å². The summed E-state index contributed by atoms with van der Waals surface area (Å²) in [5.41, 5.74) is 7.94. The highest BCUT2D eigenvalue weighted by atomic mass is 19.1. The summed E-state index contributed by atoms with van der Waals surface area (Å²) in [4.78, 5) is 16.7. The number of ether oxygens (including phenoxy) is 1. The Hall–Kier alpha value is -3.70. The number of likely N-dealkylation sites (tertiary alicyclic amines) is 1. The first kappa shape index (κ1) is 22.5. The maximum absolute atomic E-state index is 14.4. The van der Waals surface area contributed by atoms with Gasteiger partial charge in [0.2, 0.25) is 0 Å². The van der Waals surface area contributed by atoms with Crippen LogP contribution in [-0.2, 0) is 4.79 Å². The van der Waals surface area contributed by atoms with Crippen molar-refractivity contribution in [1.82, 2.24) is 4.90 Å². The number of nitriles is 1. The number of piperidine rings is 1. The van der Waals surface area contributed by atoms with Crippen molar-refractivity contribution in [1.29, 1.82) is 5.26 Å². The molecule has 2 aliphatic rings. The van der Waals surface area contributed by atoms with E-state index >= 15 is 0 Å². The number of benzene rings is 2. The van der Waals surface area contributed by atoms with Gasteiger partial charge in [-0.2, -0.15) is 5.26 Å². The average Bonchev–Trinajstić information content (AvgIpc) is 2.83. The molecular weight excluding hydrogens is 426 g/mol. The molecule has 1 atom stereocenters. The van der Waals surface area contributed by atoms with E-state index in [2.05, 4.69) is 0 Å². The second kappa shape index (κ2) is 9.43. The molecule has 1 amide bonds. The summed E-state index contributed by atoms with van der Waals surface area (Å²) in [6.45, 7) is 1.39.